The summed E-state index contributed by atoms with van der Waals surface area (Å²) in [6.45, 7) is 3.92. The van der Waals surface area contributed by atoms with Gasteiger partial charge in [0.05, 0.1) is 5.92 Å². The van der Waals surface area contributed by atoms with Gasteiger partial charge in [-0.05, 0) is 12.0 Å². The number of nitrogens with one attached hydrogen (secondary N) is 1. The van der Waals surface area contributed by atoms with E-state index in [1.165, 1.54) is 12.3 Å². The Morgan fingerprint density at radius 2 is 2.35 bits per heavy atom. The molecule has 1 unspecified atom stereocenters. The zero-order chi connectivity index (χ0) is 12.8. The Bertz CT molecular complexity index is 439. The Morgan fingerprint density at radius 3 is 2.88 bits per heavy atom. The summed E-state index contributed by atoms with van der Waals surface area (Å²) in [5.41, 5.74) is 0.249. The van der Waals surface area contributed by atoms with Crippen LogP contribution in [0, 0.1) is 23.2 Å². The molecule has 17 heavy (non-hydrogen) atoms. The molecule has 1 heterocycles. The lowest BCUT2D eigenvalue weighted by Crippen LogP contribution is -2.28. The molecule has 1 atom stereocenters. The van der Waals surface area contributed by atoms with Crippen LogP contribution in [-0.2, 0) is 4.79 Å². The molecule has 0 radical (unpaired) electrons. The highest BCUT2D eigenvalue weighted by molar-refractivity contribution is 5.71. The van der Waals surface area contributed by atoms with E-state index >= 15 is 0 Å². The minimum Gasteiger partial charge on any atom is -0.481 e. The summed E-state index contributed by atoms with van der Waals surface area (Å²) in [6.07, 6.45) is 1.46. The number of rotatable bonds is 5. The number of carboxylic acid groups (broad SMARTS) is 1. The number of aliphatic carboxylic acids is 1. The van der Waals surface area contributed by atoms with Crippen LogP contribution in [0.2, 0.25) is 0 Å². The van der Waals surface area contributed by atoms with Crippen LogP contribution in [0.15, 0.2) is 12.3 Å². The Balaban J connectivity index is 2.66. The fourth-order valence-corrected chi connectivity index (χ4v) is 1.32. The molecule has 0 aliphatic rings. The summed E-state index contributed by atoms with van der Waals surface area (Å²) in [7, 11) is 0. The fourth-order valence-electron chi connectivity index (χ4n) is 1.32. The van der Waals surface area contributed by atoms with E-state index < -0.39 is 11.9 Å². The number of carboxylic acids is 1. The van der Waals surface area contributed by atoms with Crippen LogP contribution in [0.4, 0.5) is 5.95 Å². The first-order chi connectivity index (χ1) is 8.04. The zero-order valence-corrected chi connectivity index (χ0v) is 9.71. The lowest BCUT2D eigenvalue weighted by molar-refractivity contribution is -0.142. The molecule has 0 bridgehead atoms. The van der Waals surface area contributed by atoms with Gasteiger partial charge in [0.1, 0.15) is 11.8 Å². The molecule has 0 spiro atoms. The molecular weight excluding hydrogens is 220 g/mol. The van der Waals surface area contributed by atoms with E-state index in [0.717, 1.165) is 0 Å². The van der Waals surface area contributed by atoms with Crippen molar-refractivity contribution in [1.29, 1.82) is 5.26 Å². The molecule has 1 rings (SSSR count). The van der Waals surface area contributed by atoms with E-state index in [2.05, 4.69) is 15.3 Å². The van der Waals surface area contributed by atoms with Crippen molar-refractivity contribution in [3.63, 3.8) is 0 Å². The minimum atomic E-state index is -0.857. The molecule has 2 N–H and O–H groups in total. The van der Waals surface area contributed by atoms with E-state index in [-0.39, 0.29) is 24.1 Å². The van der Waals surface area contributed by atoms with Gasteiger partial charge < -0.3 is 10.4 Å². The number of carbonyl (C=O) groups is 1. The highest BCUT2D eigenvalue weighted by Gasteiger charge is 2.21. The molecule has 90 valence electrons. The van der Waals surface area contributed by atoms with Crippen molar-refractivity contribution >= 4 is 11.9 Å². The summed E-state index contributed by atoms with van der Waals surface area (Å²) >= 11 is 0. The fraction of sp³-hybridized carbons (Fsp3) is 0.455. The third-order valence-electron chi connectivity index (χ3n) is 2.37. The number of nitrogens with zero attached hydrogens (tertiary/aromatic N) is 3. The summed E-state index contributed by atoms with van der Waals surface area (Å²) in [5, 5.41) is 20.5. The van der Waals surface area contributed by atoms with Crippen LogP contribution in [0.5, 0.6) is 0 Å². The maximum Gasteiger partial charge on any atom is 0.308 e. The van der Waals surface area contributed by atoms with E-state index in [1.807, 2.05) is 19.9 Å². The normalized spacial score (nSPS) is 11.9. The van der Waals surface area contributed by atoms with Crippen molar-refractivity contribution in [2.75, 3.05) is 11.9 Å². The van der Waals surface area contributed by atoms with Crippen LogP contribution >= 0.6 is 0 Å². The van der Waals surface area contributed by atoms with E-state index in [0.29, 0.717) is 0 Å². The minimum absolute atomic E-state index is 0.0131. The van der Waals surface area contributed by atoms with E-state index in [4.69, 9.17) is 10.4 Å². The monoisotopic (exact) mass is 234 g/mol. The number of nitriles is 1. The van der Waals surface area contributed by atoms with E-state index in [1.54, 1.807) is 0 Å². The van der Waals surface area contributed by atoms with Crippen LogP contribution < -0.4 is 5.32 Å². The standard InChI is InChI=1S/C11H14N4O2/c1-7(2)9(10(16)17)6-14-11-13-4-3-8(5-12)15-11/h3-4,7,9H,6H2,1-2H3,(H,16,17)(H,13,14,15). The van der Waals surface area contributed by atoms with Gasteiger partial charge in [0.15, 0.2) is 0 Å². The van der Waals surface area contributed by atoms with Crippen LogP contribution in [-0.4, -0.2) is 27.6 Å². The quantitative estimate of drug-likeness (QED) is 0.792. The Labute approximate surface area is 99.3 Å². The third-order valence-corrected chi connectivity index (χ3v) is 2.37. The second kappa shape index (κ2) is 5.80. The van der Waals surface area contributed by atoms with Gasteiger partial charge in [0.2, 0.25) is 5.95 Å². The molecule has 1 aromatic rings. The molecule has 0 saturated heterocycles. The van der Waals surface area contributed by atoms with Gasteiger partial charge in [0.25, 0.3) is 0 Å². The average molecular weight is 234 g/mol. The van der Waals surface area contributed by atoms with Gasteiger partial charge in [-0.15, -0.1) is 0 Å². The lowest BCUT2D eigenvalue weighted by atomic mass is 9.96. The molecule has 0 aliphatic carbocycles. The van der Waals surface area contributed by atoms with E-state index in [9.17, 15) is 4.79 Å². The van der Waals surface area contributed by atoms with Gasteiger partial charge in [-0.1, -0.05) is 13.8 Å². The maximum absolute atomic E-state index is 11.0. The molecule has 0 aromatic carbocycles. The predicted molar refractivity (Wildman–Crippen MR) is 61.2 cm³/mol. The van der Waals surface area contributed by atoms with Crippen molar-refractivity contribution in [3.8, 4) is 6.07 Å². The summed E-state index contributed by atoms with van der Waals surface area (Å²) in [4.78, 5) is 18.8. The first kappa shape index (κ1) is 12.9. The molecular formula is C11H14N4O2. The van der Waals surface area contributed by atoms with Crippen molar-refractivity contribution in [1.82, 2.24) is 9.97 Å². The Morgan fingerprint density at radius 1 is 1.65 bits per heavy atom. The van der Waals surface area contributed by atoms with Crippen molar-refractivity contribution in [2.24, 2.45) is 11.8 Å². The Hall–Kier alpha value is -2.16. The van der Waals surface area contributed by atoms with Crippen LogP contribution in [0.1, 0.15) is 19.5 Å². The number of hydrogen-bond acceptors (Lipinski definition) is 5. The van der Waals surface area contributed by atoms with Crippen LogP contribution in [0.3, 0.4) is 0 Å². The number of aromatic nitrogens is 2. The lowest BCUT2D eigenvalue weighted by Gasteiger charge is -2.16. The largest absolute Gasteiger partial charge is 0.481 e. The van der Waals surface area contributed by atoms with Crippen molar-refractivity contribution < 1.29 is 9.90 Å². The average Bonchev–Trinajstić information content (AvgIpc) is 2.28. The molecule has 0 saturated carbocycles. The zero-order valence-electron chi connectivity index (χ0n) is 9.71. The maximum atomic E-state index is 11.0. The predicted octanol–water partition coefficient (Wildman–Crippen LogP) is 1.12. The molecule has 1 aromatic heterocycles. The first-order valence-corrected chi connectivity index (χ1v) is 5.24. The summed E-state index contributed by atoms with van der Waals surface area (Å²) in [6, 6.07) is 3.38. The summed E-state index contributed by atoms with van der Waals surface area (Å²) < 4.78 is 0. The van der Waals surface area contributed by atoms with Crippen molar-refractivity contribution in [2.45, 2.75) is 13.8 Å². The summed E-state index contributed by atoms with van der Waals surface area (Å²) in [5.74, 6) is -1.08. The molecule has 0 fully saturated rings. The molecule has 0 aliphatic heterocycles. The van der Waals surface area contributed by atoms with Crippen molar-refractivity contribution in [3.05, 3.63) is 18.0 Å². The number of anilines is 1. The molecule has 6 heteroatoms. The highest BCUT2D eigenvalue weighted by atomic mass is 16.4. The third kappa shape index (κ3) is 3.72. The molecule has 0 amide bonds. The second-order valence-electron chi connectivity index (χ2n) is 3.95. The molecule has 6 nitrogen and oxygen atoms in total. The van der Waals surface area contributed by atoms with Gasteiger partial charge in [0, 0.05) is 12.7 Å². The highest BCUT2D eigenvalue weighted by Crippen LogP contribution is 2.11. The SMILES string of the molecule is CC(C)C(CNc1nccc(C#N)n1)C(=O)O. The Kier molecular flexibility index (Phi) is 4.40. The topological polar surface area (TPSA) is 98.9 Å². The van der Waals surface area contributed by atoms with Gasteiger partial charge in [-0.25, -0.2) is 9.97 Å². The van der Waals surface area contributed by atoms with Gasteiger partial charge >= 0.3 is 5.97 Å². The smallest absolute Gasteiger partial charge is 0.308 e. The second-order valence-corrected chi connectivity index (χ2v) is 3.95. The van der Waals surface area contributed by atoms with Gasteiger partial charge in [-0.2, -0.15) is 5.26 Å². The number of hydrogen-bond donors (Lipinski definition) is 2. The van der Waals surface area contributed by atoms with Crippen LogP contribution in [0.25, 0.3) is 0 Å². The van der Waals surface area contributed by atoms with Gasteiger partial charge in [-0.3, -0.25) is 4.79 Å². The first-order valence-electron chi connectivity index (χ1n) is 5.24.